The number of carbonyl (C=O) groups excluding carboxylic acids is 1. The minimum Gasteiger partial charge on any atom is -0.756 e. The summed E-state index contributed by atoms with van der Waals surface area (Å²) in [5.74, 6) is -0.286. The van der Waals surface area contributed by atoms with Crippen LogP contribution >= 0.6 is 7.82 Å². The number of hydrogen-bond donors (Lipinski definition) is 3. The summed E-state index contributed by atoms with van der Waals surface area (Å²) < 4.78 is 23.3. The van der Waals surface area contributed by atoms with Gasteiger partial charge in [0.15, 0.2) is 0 Å². The third-order valence-electron chi connectivity index (χ3n) is 14.0. The van der Waals surface area contributed by atoms with Crippen LogP contribution in [0.3, 0.4) is 0 Å². The highest BCUT2D eigenvalue weighted by molar-refractivity contribution is 7.45. The predicted molar refractivity (Wildman–Crippen MR) is 322 cm³/mol. The molecule has 0 aromatic heterocycles. The maximum Gasteiger partial charge on any atom is 0.268 e. The molecule has 0 saturated carbocycles. The van der Waals surface area contributed by atoms with Crippen LogP contribution in [0.5, 0.6) is 0 Å². The highest BCUT2D eigenvalue weighted by Gasteiger charge is 2.29. The molecule has 0 radical (unpaired) electrons. The fourth-order valence-electron chi connectivity index (χ4n) is 9.11. The number of phosphoric acid groups is 1. The molecule has 1 amide bonds. The van der Waals surface area contributed by atoms with Crippen molar-refractivity contribution in [1.29, 1.82) is 0 Å². The standard InChI is InChI=1S/C65H121N2O7P/c1-6-8-10-12-14-16-18-20-21-22-23-24-25-26-27-28-29-30-31-32-33-34-35-36-37-38-39-40-41-42-43-44-45-46-48-50-52-54-56-58-64(69)66-62(61-74-75(71,72)73-60-59-67(3,4)5)65(70)63(68)57-55-53-51-49-47-19-17-15-13-11-9-7-2/h8,10,14,16,20-21,23-24,26-27,49,51,62-63,65,68,70H,6-7,9,11-13,15,17-19,22,25,28-48,50,52-61H2,1-5H3,(H-,66,69,71,72)/b10-8-,16-14-,21-20-,24-23-,27-26-,51-49+. The highest BCUT2D eigenvalue weighted by Crippen LogP contribution is 2.38. The predicted octanol–water partition coefficient (Wildman–Crippen LogP) is 17.8. The molecule has 3 N–H and O–H groups in total. The third kappa shape index (κ3) is 56.4. The molecule has 75 heavy (non-hydrogen) atoms. The number of unbranched alkanes of at least 4 members (excludes halogenated alkanes) is 31. The Kier molecular flexibility index (Phi) is 53.7. The molecule has 4 unspecified atom stereocenters. The average molecular weight is 1070 g/mol. The van der Waals surface area contributed by atoms with Crippen molar-refractivity contribution >= 4 is 13.7 Å². The Bertz CT molecular complexity index is 1470. The molecule has 0 aliphatic carbocycles. The van der Waals surface area contributed by atoms with Gasteiger partial charge in [0.05, 0.1) is 39.9 Å². The van der Waals surface area contributed by atoms with Gasteiger partial charge in [0, 0.05) is 6.42 Å². The summed E-state index contributed by atoms with van der Waals surface area (Å²) in [5.41, 5.74) is 0. The Morgan fingerprint density at radius 3 is 1.24 bits per heavy atom. The van der Waals surface area contributed by atoms with E-state index >= 15 is 0 Å². The van der Waals surface area contributed by atoms with Crippen molar-refractivity contribution in [2.45, 2.75) is 295 Å². The summed E-state index contributed by atoms with van der Waals surface area (Å²) in [6.45, 7) is 4.31. The van der Waals surface area contributed by atoms with E-state index in [4.69, 9.17) is 9.05 Å². The Morgan fingerprint density at radius 2 is 0.840 bits per heavy atom. The van der Waals surface area contributed by atoms with E-state index in [0.717, 1.165) is 64.2 Å². The van der Waals surface area contributed by atoms with Crippen molar-refractivity contribution in [2.75, 3.05) is 40.9 Å². The van der Waals surface area contributed by atoms with Crippen LogP contribution in [-0.2, 0) is 18.4 Å². The van der Waals surface area contributed by atoms with Crippen LogP contribution in [0, 0.1) is 0 Å². The normalized spacial score (nSPS) is 14.7. The molecule has 0 heterocycles. The van der Waals surface area contributed by atoms with Gasteiger partial charge in [-0.2, -0.15) is 0 Å². The summed E-state index contributed by atoms with van der Waals surface area (Å²) in [7, 11) is 1.11. The van der Waals surface area contributed by atoms with Gasteiger partial charge in [-0.3, -0.25) is 9.36 Å². The van der Waals surface area contributed by atoms with Gasteiger partial charge in [-0.1, -0.05) is 260 Å². The number of amides is 1. The third-order valence-corrected chi connectivity index (χ3v) is 15.0. The number of nitrogens with zero attached hydrogens (tertiary/aromatic N) is 1. The number of nitrogens with one attached hydrogen (secondary N) is 1. The quantitative estimate of drug-likeness (QED) is 0.0239. The molecule has 4 atom stereocenters. The first-order chi connectivity index (χ1) is 36.4. The Balaban J connectivity index is 3.96. The summed E-state index contributed by atoms with van der Waals surface area (Å²) in [6, 6.07) is -1.09. The molecule has 0 bridgehead atoms. The van der Waals surface area contributed by atoms with Crippen LogP contribution in [0.1, 0.15) is 277 Å². The number of allylic oxidation sites excluding steroid dienone is 12. The Labute approximate surface area is 464 Å². The highest BCUT2D eigenvalue weighted by atomic mass is 31.2. The molecule has 0 fully saturated rings. The minimum atomic E-state index is -4.68. The van der Waals surface area contributed by atoms with Crippen molar-refractivity contribution in [2.24, 2.45) is 0 Å². The number of aliphatic hydroxyl groups excluding tert-OH is 2. The molecule has 9 nitrogen and oxygen atoms in total. The molecule has 0 spiro atoms. The fraction of sp³-hybridized carbons (Fsp3) is 0.800. The lowest BCUT2D eigenvalue weighted by molar-refractivity contribution is -0.870. The van der Waals surface area contributed by atoms with Gasteiger partial charge in [0.25, 0.3) is 7.82 Å². The van der Waals surface area contributed by atoms with Gasteiger partial charge in [0.2, 0.25) is 5.91 Å². The van der Waals surface area contributed by atoms with Crippen LogP contribution in [0.15, 0.2) is 72.9 Å². The van der Waals surface area contributed by atoms with Gasteiger partial charge in [0.1, 0.15) is 19.3 Å². The van der Waals surface area contributed by atoms with Crippen LogP contribution in [0.25, 0.3) is 0 Å². The minimum absolute atomic E-state index is 0.0461. The van der Waals surface area contributed by atoms with E-state index in [2.05, 4.69) is 92.1 Å². The maximum atomic E-state index is 13.0. The molecule has 0 aromatic carbocycles. The van der Waals surface area contributed by atoms with Gasteiger partial charge < -0.3 is 34.0 Å². The summed E-state index contributed by atoms with van der Waals surface area (Å²) >= 11 is 0. The van der Waals surface area contributed by atoms with E-state index in [1.165, 1.54) is 173 Å². The van der Waals surface area contributed by atoms with Crippen LogP contribution in [0.2, 0.25) is 0 Å². The second-order valence-corrected chi connectivity index (χ2v) is 23.9. The molecule has 0 saturated heterocycles. The van der Waals surface area contributed by atoms with Crippen molar-refractivity contribution in [3.8, 4) is 0 Å². The number of likely N-dealkylation sites (N-methyl/N-ethyl adjacent to an activating group) is 1. The molecule has 0 rings (SSSR count). The largest absolute Gasteiger partial charge is 0.756 e. The van der Waals surface area contributed by atoms with Gasteiger partial charge in [-0.15, -0.1) is 0 Å². The van der Waals surface area contributed by atoms with Crippen molar-refractivity contribution in [3.63, 3.8) is 0 Å². The van der Waals surface area contributed by atoms with Gasteiger partial charge in [-0.25, -0.2) is 0 Å². The monoisotopic (exact) mass is 1070 g/mol. The Morgan fingerprint density at radius 1 is 0.493 bits per heavy atom. The lowest BCUT2D eigenvalue weighted by atomic mass is 10.0. The second kappa shape index (κ2) is 55.2. The first-order valence-electron chi connectivity index (χ1n) is 31.4. The lowest BCUT2D eigenvalue weighted by Crippen LogP contribution is -2.51. The van der Waals surface area contributed by atoms with E-state index in [0.29, 0.717) is 30.3 Å². The zero-order valence-corrected chi connectivity index (χ0v) is 50.5. The first kappa shape index (κ1) is 72.9. The van der Waals surface area contributed by atoms with E-state index in [9.17, 15) is 24.5 Å². The Hall–Kier alpha value is -2.10. The summed E-state index contributed by atoms with van der Waals surface area (Å²) in [4.78, 5) is 25.5. The topological polar surface area (TPSA) is 128 Å². The van der Waals surface area contributed by atoms with E-state index in [1.54, 1.807) is 0 Å². The number of phosphoric ester groups is 1. The molecular weight excluding hydrogens is 952 g/mol. The SMILES string of the molecule is CC/C=C\C/C=C\C/C=C\C/C=C\C/C=C\CCCCCCCCCCCCCCCCCCCCCCCCCC(=O)NC(COP(=O)([O-])OCC[N+](C)(C)C)C(O)C(O)CCC/C=C/CCCCCCCCC. The van der Waals surface area contributed by atoms with E-state index in [1.807, 2.05) is 21.1 Å². The molecule has 438 valence electrons. The zero-order valence-electron chi connectivity index (χ0n) is 49.6. The number of carbonyl (C=O) groups is 1. The summed E-state index contributed by atoms with van der Waals surface area (Å²) in [6.07, 6.45) is 72.9. The lowest BCUT2D eigenvalue weighted by Gasteiger charge is -2.31. The number of rotatable bonds is 57. The van der Waals surface area contributed by atoms with Gasteiger partial charge >= 0.3 is 0 Å². The fourth-order valence-corrected chi connectivity index (χ4v) is 9.83. The van der Waals surface area contributed by atoms with Crippen LogP contribution < -0.4 is 10.2 Å². The van der Waals surface area contributed by atoms with Crippen molar-refractivity contribution in [1.82, 2.24) is 5.32 Å². The summed E-state index contributed by atoms with van der Waals surface area (Å²) in [5, 5.41) is 24.7. The van der Waals surface area contributed by atoms with Crippen molar-refractivity contribution < 1.29 is 38.0 Å². The smallest absolute Gasteiger partial charge is 0.268 e. The van der Waals surface area contributed by atoms with E-state index < -0.39 is 32.7 Å². The zero-order chi connectivity index (χ0) is 55.0. The number of aliphatic hydroxyl groups is 2. The first-order valence-corrected chi connectivity index (χ1v) is 32.8. The molecule has 0 aliphatic heterocycles. The molecule has 10 heteroatoms. The van der Waals surface area contributed by atoms with Crippen molar-refractivity contribution in [3.05, 3.63) is 72.9 Å². The number of quaternary nitrogens is 1. The van der Waals surface area contributed by atoms with Gasteiger partial charge in [-0.05, 0) is 83.5 Å². The van der Waals surface area contributed by atoms with Crippen LogP contribution in [0.4, 0.5) is 0 Å². The molecular formula is C65H121N2O7P. The molecule has 0 aliphatic rings. The number of hydrogen-bond acceptors (Lipinski definition) is 7. The second-order valence-electron chi connectivity index (χ2n) is 22.5. The van der Waals surface area contributed by atoms with E-state index in [-0.39, 0.29) is 18.9 Å². The van der Waals surface area contributed by atoms with Crippen LogP contribution in [-0.4, -0.2) is 79.8 Å². The molecule has 0 aromatic rings. The maximum absolute atomic E-state index is 13.0. The average Bonchev–Trinajstić information content (AvgIpc) is 3.37.